The van der Waals surface area contributed by atoms with Crippen molar-refractivity contribution in [2.45, 2.75) is 12.3 Å². The molecule has 2 heteroatoms. The van der Waals surface area contributed by atoms with Gasteiger partial charge in [-0.25, -0.2) is 4.39 Å². The SMILES string of the molecule is FC1=C(Cl)C=CC(c2ccccc2)C1. The van der Waals surface area contributed by atoms with Gasteiger partial charge in [-0.15, -0.1) is 0 Å². The summed E-state index contributed by atoms with van der Waals surface area (Å²) >= 11 is 5.64. The van der Waals surface area contributed by atoms with E-state index in [9.17, 15) is 4.39 Å². The van der Waals surface area contributed by atoms with E-state index in [0.717, 1.165) is 5.56 Å². The Morgan fingerprint density at radius 1 is 1.21 bits per heavy atom. The van der Waals surface area contributed by atoms with Crippen LogP contribution in [0, 0.1) is 0 Å². The van der Waals surface area contributed by atoms with Gasteiger partial charge in [0.1, 0.15) is 5.83 Å². The summed E-state index contributed by atoms with van der Waals surface area (Å²) in [7, 11) is 0. The van der Waals surface area contributed by atoms with E-state index >= 15 is 0 Å². The van der Waals surface area contributed by atoms with Gasteiger partial charge in [0.15, 0.2) is 0 Å². The van der Waals surface area contributed by atoms with Crippen LogP contribution in [0.3, 0.4) is 0 Å². The zero-order chi connectivity index (χ0) is 9.97. The lowest BCUT2D eigenvalue weighted by Gasteiger charge is -2.15. The van der Waals surface area contributed by atoms with Crippen molar-refractivity contribution in [2.24, 2.45) is 0 Å². The molecule has 0 amide bonds. The van der Waals surface area contributed by atoms with Crippen LogP contribution in [0.2, 0.25) is 0 Å². The number of halogens is 2. The Bertz CT molecular complexity index is 379. The van der Waals surface area contributed by atoms with Gasteiger partial charge < -0.3 is 0 Å². The molecule has 0 spiro atoms. The average Bonchev–Trinajstić information content (AvgIpc) is 2.23. The van der Waals surface area contributed by atoms with Gasteiger partial charge in [0.05, 0.1) is 5.03 Å². The average molecular weight is 209 g/mol. The van der Waals surface area contributed by atoms with E-state index in [0.29, 0.717) is 6.42 Å². The first-order valence-electron chi connectivity index (χ1n) is 4.54. The Balaban J connectivity index is 2.22. The molecule has 0 aromatic heterocycles. The lowest BCUT2D eigenvalue weighted by atomic mass is 9.92. The van der Waals surface area contributed by atoms with Crippen LogP contribution in [0.15, 0.2) is 53.3 Å². The predicted molar refractivity (Wildman–Crippen MR) is 56.9 cm³/mol. The number of allylic oxidation sites excluding steroid dienone is 4. The summed E-state index contributed by atoms with van der Waals surface area (Å²) in [6.45, 7) is 0. The van der Waals surface area contributed by atoms with Crippen LogP contribution in [0.4, 0.5) is 4.39 Å². The van der Waals surface area contributed by atoms with Crippen molar-refractivity contribution in [3.8, 4) is 0 Å². The Labute approximate surface area is 87.7 Å². The molecule has 1 atom stereocenters. The van der Waals surface area contributed by atoms with Crippen molar-refractivity contribution >= 4 is 11.6 Å². The number of hydrogen-bond acceptors (Lipinski definition) is 0. The molecule has 0 heterocycles. The second-order valence-electron chi connectivity index (χ2n) is 3.33. The molecule has 0 aliphatic heterocycles. The molecule has 0 bridgehead atoms. The fourth-order valence-electron chi connectivity index (χ4n) is 1.58. The molecule has 0 N–H and O–H groups in total. The Kier molecular flexibility index (Phi) is 2.69. The maximum absolute atomic E-state index is 13.2. The zero-order valence-electron chi connectivity index (χ0n) is 7.58. The van der Waals surface area contributed by atoms with Gasteiger partial charge in [0.2, 0.25) is 0 Å². The van der Waals surface area contributed by atoms with Crippen LogP contribution in [-0.4, -0.2) is 0 Å². The lowest BCUT2D eigenvalue weighted by Crippen LogP contribution is -1.99. The molecule has 0 saturated heterocycles. The Hall–Kier alpha value is -1.08. The summed E-state index contributed by atoms with van der Waals surface area (Å²) in [6.07, 6.45) is 3.96. The molecule has 1 aromatic rings. The van der Waals surface area contributed by atoms with Crippen molar-refractivity contribution in [2.75, 3.05) is 0 Å². The van der Waals surface area contributed by atoms with Crippen molar-refractivity contribution in [3.05, 3.63) is 58.9 Å². The molecule has 1 aliphatic rings. The summed E-state index contributed by atoms with van der Waals surface area (Å²) in [4.78, 5) is 0. The number of rotatable bonds is 1. The third-order valence-corrected chi connectivity index (χ3v) is 2.69. The quantitative estimate of drug-likeness (QED) is 0.651. The molecule has 0 saturated carbocycles. The van der Waals surface area contributed by atoms with Gasteiger partial charge in [0, 0.05) is 12.3 Å². The van der Waals surface area contributed by atoms with Crippen molar-refractivity contribution in [3.63, 3.8) is 0 Å². The van der Waals surface area contributed by atoms with Crippen LogP contribution in [0.25, 0.3) is 0 Å². The topological polar surface area (TPSA) is 0 Å². The summed E-state index contributed by atoms with van der Waals surface area (Å²) in [5, 5.41) is 0.234. The molecule has 0 nitrogen and oxygen atoms in total. The van der Waals surface area contributed by atoms with Crippen molar-refractivity contribution in [1.82, 2.24) is 0 Å². The third-order valence-electron chi connectivity index (χ3n) is 2.36. The fraction of sp³-hybridized carbons (Fsp3) is 0.167. The standard InChI is InChI=1S/C12H10ClF/c13-11-7-6-10(8-12(11)14)9-4-2-1-3-5-9/h1-7,10H,8H2. The maximum Gasteiger partial charge on any atom is 0.119 e. The van der Waals surface area contributed by atoms with E-state index in [-0.39, 0.29) is 16.8 Å². The Morgan fingerprint density at radius 2 is 1.93 bits per heavy atom. The van der Waals surface area contributed by atoms with Gasteiger partial charge >= 0.3 is 0 Å². The van der Waals surface area contributed by atoms with Crippen molar-refractivity contribution < 1.29 is 4.39 Å². The minimum Gasteiger partial charge on any atom is -0.210 e. The molecule has 1 aliphatic carbocycles. The van der Waals surface area contributed by atoms with Crippen LogP contribution in [-0.2, 0) is 0 Å². The highest BCUT2D eigenvalue weighted by molar-refractivity contribution is 6.31. The van der Waals surface area contributed by atoms with Gasteiger partial charge in [-0.2, -0.15) is 0 Å². The minimum absolute atomic E-state index is 0.124. The first-order chi connectivity index (χ1) is 6.77. The summed E-state index contributed by atoms with van der Waals surface area (Å²) < 4.78 is 13.2. The molecule has 72 valence electrons. The first kappa shape index (κ1) is 9.47. The normalized spacial score (nSPS) is 21.4. The highest BCUT2D eigenvalue weighted by Crippen LogP contribution is 2.33. The molecule has 2 rings (SSSR count). The van der Waals surface area contributed by atoms with Crippen molar-refractivity contribution in [1.29, 1.82) is 0 Å². The van der Waals surface area contributed by atoms with E-state index in [4.69, 9.17) is 11.6 Å². The largest absolute Gasteiger partial charge is 0.210 e. The van der Waals surface area contributed by atoms with Gasteiger partial charge in [0.25, 0.3) is 0 Å². The van der Waals surface area contributed by atoms with E-state index in [1.165, 1.54) is 0 Å². The fourth-order valence-corrected chi connectivity index (χ4v) is 1.73. The molecule has 0 fully saturated rings. The second-order valence-corrected chi connectivity index (χ2v) is 3.74. The zero-order valence-corrected chi connectivity index (χ0v) is 8.34. The molecule has 1 aromatic carbocycles. The second kappa shape index (κ2) is 3.97. The molecular weight excluding hydrogens is 199 g/mol. The van der Waals surface area contributed by atoms with Gasteiger partial charge in [-0.1, -0.05) is 48.0 Å². The van der Waals surface area contributed by atoms with E-state index in [1.54, 1.807) is 6.08 Å². The number of hydrogen-bond donors (Lipinski definition) is 0. The monoisotopic (exact) mass is 208 g/mol. The van der Waals surface area contributed by atoms with Crippen LogP contribution >= 0.6 is 11.6 Å². The minimum atomic E-state index is -0.219. The van der Waals surface area contributed by atoms with Crippen LogP contribution in [0.5, 0.6) is 0 Å². The van der Waals surface area contributed by atoms with Crippen LogP contribution < -0.4 is 0 Å². The molecule has 14 heavy (non-hydrogen) atoms. The van der Waals surface area contributed by atoms with Gasteiger partial charge in [-0.05, 0) is 11.6 Å². The van der Waals surface area contributed by atoms with E-state index in [2.05, 4.69) is 0 Å². The van der Waals surface area contributed by atoms with E-state index in [1.807, 2.05) is 36.4 Å². The molecule has 1 unspecified atom stereocenters. The molecule has 0 radical (unpaired) electrons. The highest BCUT2D eigenvalue weighted by atomic mass is 35.5. The molecular formula is C12H10ClF. The summed E-state index contributed by atoms with van der Waals surface area (Å²) in [5.74, 6) is -0.0956. The van der Waals surface area contributed by atoms with Crippen LogP contribution in [0.1, 0.15) is 17.9 Å². The highest BCUT2D eigenvalue weighted by Gasteiger charge is 2.16. The lowest BCUT2D eigenvalue weighted by molar-refractivity contribution is 0.562. The first-order valence-corrected chi connectivity index (χ1v) is 4.92. The van der Waals surface area contributed by atoms with E-state index < -0.39 is 0 Å². The Morgan fingerprint density at radius 3 is 2.57 bits per heavy atom. The number of benzene rings is 1. The maximum atomic E-state index is 13.2. The summed E-state index contributed by atoms with van der Waals surface area (Å²) in [6, 6.07) is 9.88. The smallest absolute Gasteiger partial charge is 0.119 e. The summed E-state index contributed by atoms with van der Waals surface area (Å²) in [5.41, 5.74) is 1.13. The predicted octanol–water partition coefficient (Wildman–Crippen LogP) is 4.15. The van der Waals surface area contributed by atoms with Gasteiger partial charge in [-0.3, -0.25) is 0 Å². The third kappa shape index (κ3) is 1.88.